The van der Waals surface area contributed by atoms with Crippen molar-refractivity contribution < 1.29 is 14.3 Å². The van der Waals surface area contributed by atoms with Gasteiger partial charge in [-0.15, -0.1) is 5.10 Å². The fourth-order valence-corrected chi connectivity index (χ4v) is 4.96. The third-order valence-electron chi connectivity index (χ3n) is 6.00. The number of tetrazole rings is 1. The van der Waals surface area contributed by atoms with Gasteiger partial charge in [-0.25, -0.2) is 9.69 Å². The molecule has 1 saturated heterocycles. The third-order valence-corrected chi connectivity index (χ3v) is 6.94. The first-order chi connectivity index (χ1) is 16.7. The summed E-state index contributed by atoms with van der Waals surface area (Å²) in [6.45, 7) is 1.37. The number of carbonyl (C=O) groups is 1. The molecular weight excluding hydrogens is 452 g/mol. The van der Waals surface area contributed by atoms with E-state index in [4.69, 9.17) is 14.6 Å². The van der Waals surface area contributed by atoms with Crippen LogP contribution in [0.1, 0.15) is 36.4 Å². The van der Waals surface area contributed by atoms with Gasteiger partial charge in [0.15, 0.2) is 0 Å². The van der Waals surface area contributed by atoms with Crippen molar-refractivity contribution in [3.05, 3.63) is 65.7 Å². The van der Waals surface area contributed by atoms with Crippen LogP contribution in [-0.2, 0) is 16.1 Å². The Bertz CT molecular complexity index is 1150. The quantitative estimate of drug-likeness (QED) is 0.458. The Morgan fingerprint density at radius 2 is 2.00 bits per heavy atom. The maximum atomic E-state index is 13.4. The number of methoxy groups -OCH3 is 1. The normalized spacial score (nSPS) is 19.9. The largest absolute Gasteiger partial charge is 0.497 e. The Labute approximate surface area is 202 Å². The molecule has 34 heavy (non-hydrogen) atoms. The van der Waals surface area contributed by atoms with Crippen LogP contribution < -0.4 is 4.74 Å². The van der Waals surface area contributed by atoms with E-state index in [-0.39, 0.29) is 23.8 Å². The summed E-state index contributed by atoms with van der Waals surface area (Å²) in [7, 11) is 1.64. The fourth-order valence-electron chi connectivity index (χ4n) is 4.22. The summed E-state index contributed by atoms with van der Waals surface area (Å²) in [4.78, 5) is 13.4. The average Bonchev–Trinajstić information content (AvgIpc) is 3.65. The molecule has 0 N–H and O–H groups in total. The Balaban J connectivity index is 1.32. The number of aromatic nitrogens is 4. The van der Waals surface area contributed by atoms with Crippen LogP contribution in [0.5, 0.6) is 5.75 Å². The lowest BCUT2D eigenvalue weighted by Crippen LogP contribution is -2.28. The summed E-state index contributed by atoms with van der Waals surface area (Å²) < 4.78 is 12.7. The van der Waals surface area contributed by atoms with Crippen LogP contribution in [0.2, 0.25) is 0 Å². The summed E-state index contributed by atoms with van der Waals surface area (Å²) in [5, 5.41) is 18.9. The standard InChI is InChI=1S/C24H26N6O3S/c1-32-19-11-9-18(10-12-19)22-14-21(17-6-3-2-4-7-17)26-30(22)23(31)16-34-24-25-27-28-29(24)15-20-8-5-13-33-20/h2-4,6-7,9-12,20,22H,5,8,13-16H2,1H3/t20-,22-/m0/s1. The van der Waals surface area contributed by atoms with Gasteiger partial charge in [0, 0.05) is 13.0 Å². The number of amides is 1. The molecule has 1 fully saturated rings. The van der Waals surface area contributed by atoms with E-state index in [1.807, 2.05) is 54.6 Å². The van der Waals surface area contributed by atoms with Crippen molar-refractivity contribution in [1.82, 2.24) is 25.2 Å². The molecule has 0 unspecified atom stereocenters. The second-order valence-corrected chi connectivity index (χ2v) is 9.15. The molecule has 3 heterocycles. The molecule has 1 amide bonds. The molecule has 10 heteroatoms. The Hall–Kier alpha value is -3.24. The topological polar surface area (TPSA) is 94.7 Å². The Morgan fingerprint density at radius 1 is 1.18 bits per heavy atom. The minimum Gasteiger partial charge on any atom is -0.497 e. The van der Waals surface area contributed by atoms with Crippen LogP contribution >= 0.6 is 11.8 Å². The molecule has 0 radical (unpaired) electrons. The lowest BCUT2D eigenvalue weighted by molar-refractivity contribution is -0.130. The van der Waals surface area contributed by atoms with Crippen molar-refractivity contribution in [3.63, 3.8) is 0 Å². The molecule has 2 aliphatic rings. The van der Waals surface area contributed by atoms with Crippen molar-refractivity contribution in [2.45, 2.75) is 43.1 Å². The minimum absolute atomic E-state index is 0.0941. The van der Waals surface area contributed by atoms with Gasteiger partial charge >= 0.3 is 0 Å². The van der Waals surface area contributed by atoms with Gasteiger partial charge in [-0.05, 0) is 46.5 Å². The van der Waals surface area contributed by atoms with E-state index >= 15 is 0 Å². The summed E-state index contributed by atoms with van der Waals surface area (Å²) in [5.74, 6) is 0.866. The van der Waals surface area contributed by atoms with Crippen LogP contribution in [0.3, 0.4) is 0 Å². The van der Waals surface area contributed by atoms with E-state index in [9.17, 15) is 4.79 Å². The SMILES string of the molecule is COc1ccc([C@@H]2CC(c3ccccc3)=NN2C(=O)CSc2nnnn2C[C@@H]2CCCO2)cc1. The van der Waals surface area contributed by atoms with Crippen LogP contribution in [0.25, 0.3) is 0 Å². The van der Waals surface area contributed by atoms with Gasteiger partial charge in [-0.1, -0.05) is 54.2 Å². The molecule has 176 valence electrons. The number of ether oxygens (including phenoxy) is 2. The summed E-state index contributed by atoms with van der Waals surface area (Å²) in [6.07, 6.45) is 2.81. The number of thioether (sulfide) groups is 1. The van der Waals surface area contributed by atoms with E-state index in [1.54, 1.807) is 16.8 Å². The van der Waals surface area contributed by atoms with Gasteiger partial charge in [-0.3, -0.25) is 4.79 Å². The van der Waals surface area contributed by atoms with E-state index in [0.717, 1.165) is 42.0 Å². The van der Waals surface area contributed by atoms with Crippen LogP contribution in [0.4, 0.5) is 0 Å². The summed E-state index contributed by atoms with van der Waals surface area (Å²) in [5.41, 5.74) is 2.92. The highest BCUT2D eigenvalue weighted by Gasteiger charge is 2.33. The molecule has 0 spiro atoms. The number of carbonyl (C=O) groups excluding carboxylic acids is 1. The van der Waals surface area contributed by atoms with Crippen LogP contribution in [0.15, 0.2) is 64.9 Å². The molecule has 1 aromatic heterocycles. The number of hydrogen-bond acceptors (Lipinski definition) is 8. The molecule has 0 saturated carbocycles. The van der Waals surface area contributed by atoms with E-state index in [1.165, 1.54) is 11.8 Å². The highest BCUT2D eigenvalue weighted by atomic mass is 32.2. The van der Waals surface area contributed by atoms with E-state index < -0.39 is 0 Å². The fraction of sp³-hybridized carbons (Fsp3) is 0.375. The molecule has 9 nitrogen and oxygen atoms in total. The van der Waals surface area contributed by atoms with Crippen molar-refractivity contribution in [1.29, 1.82) is 0 Å². The van der Waals surface area contributed by atoms with Gasteiger partial charge in [0.05, 0.1) is 37.3 Å². The Morgan fingerprint density at radius 3 is 2.74 bits per heavy atom. The second kappa shape index (κ2) is 10.4. The zero-order chi connectivity index (χ0) is 23.3. The van der Waals surface area contributed by atoms with Crippen LogP contribution in [0, 0.1) is 0 Å². The number of nitrogens with zero attached hydrogens (tertiary/aromatic N) is 6. The van der Waals surface area contributed by atoms with Crippen molar-refractivity contribution in [2.24, 2.45) is 5.10 Å². The van der Waals surface area contributed by atoms with Gasteiger partial charge in [0.1, 0.15) is 5.75 Å². The molecule has 5 rings (SSSR count). The molecule has 2 atom stereocenters. The highest BCUT2D eigenvalue weighted by Crippen LogP contribution is 2.34. The third kappa shape index (κ3) is 4.97. The number of benzene rings is 2. The first-order valence-corrected chi connectivity index (χ1v) is 12.3. The highest BCUT2D eigenvalue weighted by molar-refractivity contribution is 7.99. The molecule has 3 aromatic rings. The summed E-state index contributed by atoms with van der Waals surface area (Å²) >= 11 is 1.32. The van der Waals surface area contributed by atoms with Crippen molar-refractivity contribution in [2.75, 3.05) is 19.5 Å². The monoisotopic (exact) mass is 478 g/mol. The van der Waals surface area contributed by atoms with Gasteiger partial charge in [0.2, 0.25) is 5.16 Å². The first-order valence-electron chi connectivity index (χ1n) is 11.3. The second-order valence-electron chi connectivity index (χ2n) is 8.21. The lowest BCUT2D eigenvalue weighted by atomic mass is 9.98. The molecule has 0 bridgehead atoms. The summed E-state index contributed by atoms with van der Waals surface area (Å²) in [6, 6.07) is 17.6. The van der Waals surface area contributed by atoms with Crippen LogP contribution in [-0.4, -0.2) is 62.4 Å². The molecular formula is C24H26N6O3S. The lowest BCUT2D eigenvalue weighted by Gasteiger charge is -2.22. The van der Waals surface area contributed by atoms with Gasteiger partial charge in [0.25, 0.3) is 5.91 Å². The van der Waals surface area contributed by atoms with E-state index in [2.05, 4.69) is 15.5 Å². The van der Waals surface area contributed by atoms with Crippen molar-refractivity contribution in [3.8, 4) is 5.75 Å². The maximum Gasteiger partial charge on any atom is 0.253 e. The zero-order valence-corrected chi connectivity index (χ0v) is 19.7. The smallest absolute Gasteiger partial charge is 0.253 e. The zero-order valence-electron chi connectivity index (χ0n) is 18.9. The molecule has 0 aliphatic carbocycles. The predicted octanol–water partition coefficient (Wildman–Crippen LogP) is 3.33. The maximum absolute atomic E-state index is 13.4. The van der Waals surface area contributed by atoms with Crippen molar-refractivity contribution >= 4 is 23.4 Å². The van der Waals surface area contributed by atoms with Gasteiger partial charge < -0.3 is 9.47 Å². The minimum atomic E-state index is -0.183. The Kier molecular flexibility index (Phi) is 6.87. The number of hydrazone groups is 1. The number of rotatable bonds is 8. The van der Waals surface area contributed by atoms with Gasteiger partial charge in [-0.2, -0.15) is 5.10 Å². The number of hydrogen-bond donors (Lipinski definition) is 0. The first kappa shape index (κ1) is 22.5. The molecule has 2 aliphatic heterocycles. The molecule has 2 aromatic carbocycles. The average molecular weight is 479 g/mol. The predicted molar refractivity (Wildman–Crippen MR) is 128 cm³/mol. The van der Waals surface area contributed by atoms with E-state index in [0.29, 0.717) is 18.1 Å².